The van der Waals surface area contributed by atoms with Crippen molar-refractivity contribution in [2.45, 2.75) is 55.4 Å². The number of likely N-dealkylation sites (tertiary alicyclic amines) is 1. The molecule has 1 saturated heterocycles. The van der Waals surface area contributed by atoms with E-state index in [9.17, 15) is 14.4 Å². The van der Waals surface area contributed by atoms with E-state index in [0.29, 0.717) is 34.1 Å². The van der Waals surface area contributed by atoms with Crippen molar-refractivity contribution >= 4 is 56.7 Å². The monoisotopic (exact) mass is 563 g/mol. The normalized spacial score (nSPS) is 17.9. The molecule has 0 unspecified atom stereocenters. The Kier molecular flexibility index (Phi) is 7.12. The molecule has 2 aromatic heterocycles. The second kappa shape index (κ2) is 10.7. The first-order valence-electron chi connectivity index (χ1n) is 12.9. The molecule has 0 bridgehead atoms. The van der Waals surface area contributed by atoms with Gasteiger partial charge in [-0.3, -0.25) is 23.9 Å². The summed E-state index contributed by atoms with van der Waals surface area (Å²) in [6, 6.07) is 16.1. The van der Waals surface area contributed by atoms with Crippen molar-refractivity contribution < 1.29 is 9.59 Å². The third-order valence-corrected chi connectivity index (χ3v) is 9.84. The van der Waals surface area contributed by atoms with Gasteiger partial charge in [0.2, 0.25) is 5.91 Å². The molecule has 6 rings (SSSR count). The first-order chi connectivity index (χ1) is 18.5. The van der Waals surface area contributed by atoms with Gasteiger partial charge in [-0.25, -0.2) is 4.98 Å². The lowest BCUT2D eigenvalue weighted by Crippen LogP contribution is -2.41. The van der Waals surface area contributed by atoms with Crippen LogP contribution in [0.15, 0.2) is 64.5 Å². The number of rotatable bonds is 4. The van der Waals surface area contributed by atoms with E-state index in [1.54, 1.807) is 40.2 Å². The predicted molar refractivity (Wildman–Crippen MR) is 153 cm³/mol. The van der Waals surface area contributed by atoms with Gasteiger partial charge < -0.3 is 0 Å². The highest BCUT2D eigenvalue weighted by molar-refractivity contribution is 8.00. The van der Waals surface area contributed by atoms with Gasteiger partial charge in [0.1, 0.15) is 4.83 Å². The molecule has 1 fully saturated rings. The lowest BCUT2D eigenvalue weighted by atomic mass is 9.97. The number of benzene rings is 2. The molecule has 1 aliphatic carbocycles. The Morgan fingerprint density at radius 2 is 1.74 bits per heavy atom. The fraction of sp³-hybridized carbons (Fsp3) is 0.310. The molecule has 4 aromatic rings. The SMILES string of the molecule is O=C(c1ccc(Cl)cc1)N1CCCC[C@H](Sc2nc3sc4c(c3c(=O)n2-c2ccccc2)CCCC4)C1=O. The zero-order valence-corrected chi connectivity index (χ0v) is 23.1. The number of hydrogen-bond acceptors (Lipinski definition) is 6. The smallest absolute Gasteiger partial charge is 0.267 e. The Balaban J connectivity index is 1.41. The van der Waals surface area contributed by atoms with E-state index in [0.717, 1.165) is 54.6 Å². The van der Waals surface area contributed by atoms with E-state index in [2.05, 4.69) is 0 Å². The highest BCUT2D eigenvalue weighted by atomic mass is 35.5. The molecular weight excluding hydrogens is 538 g/mol. The third-order valence-electron chi connectivity index (χ3n) is 7.20. The number of aryl methyl sites for hydroxylation is 2. The molecule has 1 atom stereocenters. The van der Waals surface area contributed by atoms with Crippen LogP contribution in [0.2, 0.25) is 5.02 Å². The molecule has 0 saturated carbocycles. The maximum Gasteiger partial charge on any atom is 0.267 e. The van der Waals surface area contributed by atoms with E-state index in [1.165, 1.54) is 21.5 Å². The topological polar surface area (TPSA) is 72.3 Å². The van der Waals surface area contributed by atoms with Crippen molar-refractivity contribution in [2.75, 3.05) is 6.54 Å². The van der Waals surface area contributed by atoms with Crippen molar-refractivity contribution in [2.24, 2.45) is 0 Å². The molecule has 6 nitrogen and oxygen atoms in total. The van der Waals surface area contributed by atoms with Crippen LogP contribution in [0.5, 0.6) is 0 Å². The van der Waals surface area contributed by atoms with E-state index < -0.39 is 5.25 Å². The zero-order valence-electron chi connectivity index (χ0n) is 20.7. The summed E-state index contributed by atoms with van der Waals surface area (Å²) in [6.07, 6.45) is 6.23. The van der Waals surface area contributed by atoms with Crippen molar-refractivity contribution in [1.29, 1.82) is 0 Å². The molecule has 9 heteroatoms. The summed E-state index contributed by atoms with van der Waals surface area (Å²) in [7, 11) is 0. The van der Waals surface area contributed by atoms with Crippen LogP contribution >= 0.6 is 34.7 Å². The van der Waals surface area contributed by atoms with Crippen LogP contribution in [0, 0.1) is 0 Å². The van der Waals surface area contributed by atoms with Crippen molar-refractivity contribution in [3.63, 3.8) is 0 Å². The fourth-order valence-corrected chi connectivity index (χ4v) is 7.90. The lowest BCUT2D eigenvalue weighted by Gasteiger charge is -2.23. The number of hydrogen-bond donors (Lipinski definition) is 0. The second-order valence-electron chi connectivity index (χ2n) is 9.67. The Bertz CT molecular complexity index is 1580. The molecule has 1 aliphatic heterocycles. The summed E-state index contributed by atoms with van der Waals surface area (Å²) in [5.41, 5.74) is 2.21. The molecule has 2 aromatic carbocycles. The number of nitrogens with zero attached hydrogens (tertiary/aromatic N) is 3. The number of aromatic nitrogens is 2. The molecule has 3 heterocycles. The predicted octanol–water partition coefficient (Wildman–Crippen LogP) is 6.29. The summed E-state index contributed by atoms with van der Waals surface area (Å²) in [5.74, 6) is -0.569. The molecule has 38 heavy (non-hydrogen) atoms. The van der Waals surface area contributed by atoms with Crippen LogP contribution in [0.3, 0.4) is 0 Å². The van der Waals surface area contributed by atoms with Gasteiger partial charge in [0.05, 0.1) is 16.3 Å². The summed E-state index contributed by atoms with van der Waals surface area (Å²) in [5, 5.41) is 1.21. The second-order valence-corrected chi connectivity index (χ2v) is 12.4. The quantitative estimate of drug-likeness (QED) is 0.215. The lowest BCUT2D eigenvalue weighted by molar-refractivity contribution is -0.127. The highest BCUT2D eigenvalue weighted by Gasteiger charge is 2.34. The highest BCUT2D eigenvalue weighted by Crippen LogP contribution is 2.37. The minimum absolute atomic E-state index is 0.0849. The number of halogens is 1. The van der Waals surface area contributed by atoms with Crippen molar-refractivity contribution in [1.82, 2.24) is 14.5 Å². The van der Waals surface area contributed by atoms with Gasteiger partial charge in [-0.15, -0.1) is 11.3 Å². The number of thiophene rings is 1. The van der Waals surface area contributed by atoms with Gasteiger partial charge in [0, 0.05) is 22.0 Å². The van der Waals surface area contributed by atoms with Gasteiger partial charge in [-0.1, -0.05) is 48.0 Å². The van der Waals surface area contributed by atoms with Crippen LogP contribution in [0.1, 0.15) is 52.9 Å². The Hall–Kier alpha value is -2.94. The average molecular weight is 564 g/mol. The van der Waals surface area contributed by atoms with Crippen LogP contribution in [-0.2, 0) is 17.6 Å². The van der Waals surface area contributed by atoms with E-state index in [4.69, 9.17) is 16.6 Å². The van der Waals surface area contributed by atoms with Gasteiger partial charge in [0.15, 0.2) is 5.16 Å². The van der Waals surface area contributed by atoms with E-state index in [1.807, 2.05) is 30.3 Å². The molecular formula is C29H26ClN3O3S2. The molecule has 2 amide bonds. The number of imide groups is 1. The van der Waals surface area contributed by atoms with Gasteiger partial charge >= 0.3 is 0 Å². The zero-order chi connectivity index (χ0) is 26.2. The van der Waals surface area contributed by atoms with Crippen molar-refractivity contribution in [3.8, 4) is 5.69 Å². The average Bonchev–Trinajstić information content (AvgIpc) is 3.21. The summed E-state index contributed by atoms with van der Waals surface area (Å²) in [4.78, 5) is 49.4. The van der Waals surface area contributed by atoms with Crippen LogP contribution in [0.25, 0.3) is 15.9 Å². The number of para-hydroxylation sites is 1. The summed E-state index contributed by atoms with van der Waals surface area (Å²) >= 11 is 8.89. The fourth-order valence-electron chi connectivity index (χ4n) is 5.26. The van der Waals surface area contributed by atoms with E-state index in [-0.39, 0.29) is 17.4 Å². The van der Waals surface area contributed by atoms with E-state index >= 15 is 0 Å². The third kappa shape index (κ3) is 4.70. The number of carbonyl (C=O) groups excluding carboxylic acids is 2. The maximum absolute atomic E-state index is 14.0. The molecule has 2 aliphatic rings. The van der Waals surface area contributed by atoms with Gasteiger partial charge in [-0.2, -0.15) is 0 Å². The van der Waals surface area contributed by atoms with Crippen LogP contribution in [-0.4, -0.2) is 38.1 Å². The minimum Gasteiger partial charge on any atom is -0.278 e. The first kappa shape index (κ1) is 25.3. The summed E-state index contributed by atoms with van der Waals surface area (Å²) < 4.78 is 1.65. The maximum atomic E-state index is 14.0. The standard InChI is InChI=1S/C29H26ClN3O3S2/c30-19-15-13-18(14-16-19)26(34)32-17-7-6-12-23(27(32)35)38-29-31-25-24(21-10-4-5-11-22(21)37-25)28(36)33(29)20-8-2-1-3-9-20/h1-3,8-9,13-16,23H,4-7,10-12,17H2/t23-/m0/s1. The Morgan fingerprint density at radius 1 is 0.974 bits per heavy atom. The Morgan fingerprint density at radius 3 is 2.53 bits per heavy atom. The van der Waals surface area contributed by atoms with Crippen LogP contribution < -0.4 is 5.56 Å². The van der Waals surface area contributed by atoms with Gasteiger partial charge in [0.25, 0.3) is 11.5 Å². The number of amides is 2. The molecule has 0 N–H and O–H groups in total. The van der Waals surface area contributed by atoms with Crippen LogP contribution in [0.4, 0.5) is 0 Å². The largest absolute Gasteiger partial charge is 0.278 e. The number of fused-ring (bicyclic) bond motifs is 3. The molecule has 194 valence electrons. The van der Waals surface area contributed by atoms with Gasteiger partial charge in [-0.05, 0) is 80.5 Å². The minimum atomic E-state index is -0.525. The first-order valence-corrected chi connectivity index (χ1v) is 15.0. The van der Waals surface area contributed by atoms with Crippen molar-refractivity contribution in [3.05, 3.63) is 86.0 Å². The Labute approximate surface area is 233 Å². The summed E-state index contributed by atoms with van der Waals surface area (Å²) in [6.45, 7) is 0.368. The molecule has 0 radical (unpaired) electrons. The molecule has 0 spiro atoms. The number of carbonyl (C=O) groups is 2. The number of thioether (sulfide) groups is 1.